The van der Waals surface area contributed by atoms with Gasteiger partial charge in [-0.25, -0.2) is 4.98 Å². The molecule has 1 fully saturated rings. The maximum absolute atomic E-state index is 5.51. The van der Waals surface area contributed by atoms with E-state index in [0.29, 0.717) is 0 Å². The summed E-state index contributed by atoms with van der Waals surface area (Å²) in [6.45, 7) is 3.84. The number of hydrogen-bond donors (Lipinski definition) is 2. The molecule has 1 aliphatic heterocycles. The Labute approximate surface area is 112 Å². The Morgan fingerprint density at radius 2 is 2.42 bits per heavy atom. The molecule has 0 amide bonds. The van der Waals surface area contributed by atoms with Gasteiger partial charge in [-0.3, -0.25) is 10.00 Å². The molecule has 6 heteroatoms. The normalized spacial score (nSPS) is 24.1. The molecule has 2 aromatic rings. The van der Waals surface area contributed by atoms with Crippen LogP contribution in [0.4, 0.5) is 0 Å². The van der Waals surface area contributed by atoms with Crippen LogP contribution in [0.1, 0.15) is 29.5 Å². The number of nitrogens with zero attached hydrogens (tertiary/aromatic N) is 3. The molecule has 1 unspecified atom stereocenters. The molecular weight excluding hydrogens is 242 g/mol. The largest absolute Gasteiger partial charge is 0.380 e. The molecule has 1 saturated heterocycles. The van der Waals surface area contributed by atoms with Crippen LogP contribution in [-0.4, -0.2) is 44.8 Å². The van der Waals surface area contributed by atoms with Crippen LogP contribution >= 0.6 is 0 Å². The Balaban J connectivity index is 1.79. The number of imidazole rings is 1. The zero-order valence-electron chi connectivity index (χ0n) is 11.3. The minimum atomic E-state index is 0.266. The summed E-state index contributed by atoms with van der Waals surface area (Å²) >= 11 is 0. The van der Waals surface area contributed by atoms with E-state index in [0.717, 1.165) is 31.0 Å². The predicted octanol–water partition coefficient (Wildman–Crippen LogP) is 1.40. The summed E-state index contributed by atoms with van der Waals surface area (Å²) < 4.78 is 5.51. The summed E-state index contributed by atoms with van der Waals surface area (Å²) in [6.07, 6.45) is 6.81. The van der Waals surface area contributed by atoms with Crippen molar-refractivity contribution in [2.24, 2.45) is 0 Å². The summed E-state index contributed by atoms with van der Waals surface area (Å²) in [5.74, 6) is 1.01. The highest BCUT2D eigenvalue weighted by molar-refractivity contribution is 5.15. The van der Waals surface area contributed by atoms with E-state index in [9.17, 15) is 0 Å². The fraction of sp³-hybridized carbons (Fsp3) is 0.538. The van der Waals surface area contributed by atoms with Gasteiger partial charge in [0.1, 0.15) is 5.82 Å². The molecule has 2 N–H and O–H groups in total. The number of methoxy groups -OCH3 is 1. The van der Waals surface area contributed by atoms with Crippen molar-refractivity contribution in [1.29, 1.82) is 0 Å². The first kappa shape index (κ1) is 12.4. The lowest BCUT2D eigenvalue weighted by molar-refractivity contribution is 0.107. The molecule has 3 heterocycles. The number of aromatic amines is 2. The van der Waals surface area contributed by atoms with Gasteiger partial charge in [-0.1, -0.05) is 0 Å². The summed E-state index contributed by atoms with van der Waals surface area (Å²) in [5.41, 5.74) is 2.35. The van der Waals surface area contributed by atoms with Gasteiger partial charge in [-0.15, -0.1) is 0 Å². The number of nitrogens with one attached hydrogen (secondary N) is 2. The van der Waals surface area contributed by atoms with E-state index in [2.05, 4.69) is 25.1 Å². The molecule has 2 atom stereocenters. The number of hydrogen-bond acceptors (Lipinski definition) is 4. The Morgan fingerprint density at radius 3 is 3.05 bits per heavy atom. The minimum absolute atomic E-state index is 0.266. The molecule has 0 spiro atoms. The Hall–Kier alpha value is -1.66. The van der Waals surface area contributed by atoms with Gasteiger partial charge < -0.3 is 9.72 Å². The maximum atomic E-state index is 5.51. The average Bonchev–Trinajstić information content (AvgIpc) is 3.11. The van der Waals surface area contributed by atoms with E-state index in [-0.39, 0.29) is 12.1 Å². The van der Waals surface area contributed by atoms with Crippen LogP contribution in [-0.2, 0) is 11.3 Å². The Morgan fingerprint density at radius 1 is 1.53 bits per heavy atom. The second kappa shape index (κ2) is 5.14. The topological polar surface area (TPSA) is 69.8 Å². The molecule has 0 radical (unpaired) electrons. The van der Waals surface area contributed by atoms with E-state index >= 15 is 0 Å². The van der Waals surface area contributed by atoms with Crippen molar-refractivity contribution in [1.82, 2.24) is 25.1 Å². The smallest absolute Gasteiger partial charge is 0.123 e. The first-order valence-electron chi connectivity index (χ1n) is 6.53. The fourth-order valence-corrected chi connectivity index (χ4v) is 2.71. The van der Waals surface area contributed by atoms with Crippen molar-refractivity contribution in [2.45, 2.75) is 32.0 Å². The Bertz CT molecular complexity index is 521. The van der Waals surface area contributed by atoms with Crippen molar-refractivity contribution in [3.8, 4) is 0 Å². The zero-order valence-corrected chi connectivity index (χ0v) is 11.3. The molecule has 6 nitrogen and oxygen atoms in total. The zero-order chi connectivity index (χ0) is 13.2. The third-order valence-electron chi connectivity index (χ3n) is 3.84. The van der Waals surface area contributed by atoms with Crippen molar-refractivity contribution in [2.75, 3.05) is 13.7 Å². The average molecular weight is 261 g/mol. The third kappa shape index (κ3) is 2.41. The highest BCUT2D eigenvalue weighted by Gasteiger charge is 2.34. The molecule has 19 heavy (non-hydrogen) atoms. The predicted molar refractivity (Wildman–Crippen MR) is 70.5 cm³/mol. The highest BCUT2D eigenvalue weighted by Crippen LogP contribution is 2.32. The van der Waals surface area contributed by atoms with Gasteiger partial charge in [-0.2, -0.15) is 5.10 Å². The summed E-state index contributed by atoms with van der Waals surface area (Å²) in [6, 6.07) is 0.286. The quantitative estimate of drug-likeness (QED) is 0.873. The van der Waals surface area contributed by atoms with Crippen LogP contribution in [0, 0.1) is 6.92 Å². The summed E-state index contributed by atoms with van der Waals surface area (Å²) in [4.78, 5) is 10.0. The first-order valence-corrected chi connectivity index (χ1v) is 6.53. The maximum Gasteiger partial charge on any atom is 0.123 e. The Kier molecular flexibility index (Phi) is 3.35. The molecule has 0 aromatic carbocycles. The molecule has 102 valence electrons. The van der Waals surface area contributed by atoms with Gasteiger partial charge in [-0.05, 0) is 13.3 Å². The fourth-order valence-electron chi connectivity index (χ4n) is 2.71. The van der Waals surface area contributed by atoms with E-state index in [4.69, 9.17) is 4.74 Å². The number of likely N-dealkylation sites (tertiary alicyclic amines) is 1. The second-order valence-electron chi connectivity index (χ2n) is 5.03. The van der Waals surface area contributed by atoms with E-state index in [1.807, 2.05) is 19.3 Å². The summed E-state index contributed by atoms with van der Waals surface area (Å²) in [7, 11) is 1.77. The van der Waals surface area contributed by atoms with E-state index in [1.165, 1.54) is 5.56 Å². The van der Waals surface area contributed by atoms with Crippen molar-refractivity contribution < 1.29 is 4.74 Å². The van der Waals surface area contributed by atoms with Crippen LogP contribution in [0.5, 0.6) is 0 Å². The minimum Gasteiger partial charge on any atom is -0.380 e. The lowest BCUT2D eigenvalue weighted by atomic mass is 10.1. The van der Waals surface area contributed by atoms with Gasteiger partial charge in [0.05, 0.1) is 18.3 Å². The van der Waals surface area contributed by atoms with Crippen LogP contribution in [0.15, 0.2) is 18.6 Å². The first-order chi connectivity index (χ1) is 9.28. The second-order valence-corrected chi connectivity index (χ2v) is 5.03. The number of ether oxygens (including phenoxy) is 1. The molecule has 0 saturated carbocycles. The number of aryl methyl sites for hydroxylation is 1. The van der Waals surface area contributed by atoms with Crippen LogP contribution < -0.4 is 0 Å². The van der Waals surface area contributed by atoms with E-state index in [1.54, 1.807) is 13.3 Å². The SMILES string of the molecule is CO[C@@H]1CC(c2ncc[nH]2)N(Cc2cn[nH]c2C)C1. The lowest BCUT2D eigenvalue weighted by Crippen LogP contribution is -2.25. The van der Waals surface area contributed by atoms with Crippen molar-refractivity contribution in [3.05, 3.63) is 35.7 Å². The van der Waals surface area contributed by atoms with Gasteiger partial charge in [0.2, 0.25) is 0 Å². The molecule has 2 aromatic heterocycles. The van der Waals surface area contributed by atoms with Crippen LogP contribution in [0.3, 0.4) is 0 Å². The van der Waals surface area contributed by atoms with E-state index < -0.39 is 0 Å². The molecule has 0 aliphatic carbocycles. The third-order valence-corrected chi connectivity index (χ3v) is 3.84. The number of rotatable bonds is 4. The summed E-state index contributed by atoms with van der Waals surface area (Å²) in [5, 5.41) is 7.07. The van der Waals surface area contributed by atoms with Gasteiger partial charge >= 0.3 is 0 Å². The monoisotopic (exact) mass is 261 g/mol. The molecule has 0 bridgehead atoms. The molecule has 3 rings (SSSR count). The van der Waals surface area contributed by atoms with Crippen LogP contribution in [0.2, 0.25) is 0 Å². The lowest BCUT2D eigenvalue weighted by Gasteiger charge is -2.22. The van der Waals surface area contributed by atoms with Gasteiger partial charge in [0, 0.05) is 43.9 Å². The van der Waals surface area contributed by atoms with Crippen molar-refractivity contribution in [3.63, 3.8) is 0 Å². The molecular formula is C13H19N5O. The van der Waals surface area contributed by atoms with Gasteiger partial charge in [0.15, 0.2) is 0 Å². The number of H-pyrrole nitrogens is 2. The van der Waals surface area contributed by atoms with Crippen LogP contribution in [0.25, 0.3) is 0 Å². The molecule has 1 aliphatic rings. The van der Waals surface area contributed by atoms with Crippen molar-refractivity contribution >= 4 is 0 Å². The number of aromatic nitrogens is 4. The highest BCUT2D eigenvalue weighted by atomic mass is 16.5. The standard InChI is InChI=1S/C13H19N5O/c1-9-10(6-16-17-9)7-18-8-11(19-2)5-12(18)13-14-3-4-15-13/h3-4,6,11-12H,5,7-8H2,1-2H3,(H,14,15)(H,16,17)/t11-,12?/m1/s1. The van der Waals surface area contributed by atoms with Gasteiger partial charge in [0.25, 0.3) is 0 Å².